The van der Waals surface area contributed by atoms with Gasteiger partial charge in [-0.05, 0) is 13.3 Å². The number of carbonyl (C=O) groups excluding carboxylic acids is 1. The van der Waals surface area contributed by atoms with E-state index in [9.17, 15) is 9.59 Å². The van der Waals surface area contributed by atoms with Crippen LogP contribution in [0.15, 0.2) is 12.5 Å². The molecule has 0 radical (unpaired) electrons. The van der Waals surface area contributed by atoms with Crippen LogP contribution in [0, 0.1) is 5.41 Å². The Labute approximate surface area is 98.9 Å². The second-order valence-electron chi connectivity index (χ2n) is 4.77. The molecule has 0 spiro atoms. The molecule has 92 valence electrons. The van der Waals surface area contributed by atoms with Gasteiger partial charge in [0.2, 0.25) is 0 Å². The number of rotatable bonds is 2. The van der Waals surface area contributed by atoms with Crippen LogP contribution in [-0.2, 0) is 11.8 Å². The van der Waals surface area contributed by atoms with Gasteiger partial charge in [0.25, 0.3) is 5.91 Å². The van der Waals surface area contributed by atoms with Gasteiger partial charge in [0.15, 0.2) is 0 Å². The number of nitrogens with zero attached hydrogens (tertiary/aromatic N) is 3. The first-order valence-electron chi connectivity index (χ1n) is 5.43. The molecule has 1 saturated heterocycles. The molecule has 2 heterocycles. The number of carboxylic acid groups (broad SMARTS) is 1. The molecule has 1 aliphatic heterocycles. The van der Waals surface area contributed by atoms with Crippen molar-refractivity contribution in [3.8, 4) is 0 Å². The molecular weight excluding hydrogens is 222 g/mol. The van der Waals surface area contributed by atoms with E-state index in [1.165, 1.54) is 0 Å². The average molecular weight is 237 g/mol. The van der Waals surface area contributed by atoms with Crippen molar-refractivity contribution < 1.29 is 14.7 Å². The summed E-state index contributed by atoms with van der Waals surface area (Å²) in [5.41, 5.74) is -0.466. The highest BCUT2D eigenvalue weighted by Gasteiger charge is 2.42. The molecule has 1 aromatic rings. The van der Waals surface area contributed by atoms with E-state index in [0.29, 0.717) is 18.7 Å². The lowest BCUT2D eigenvalue weighted by Crippen LogP contribution is -2.35. The molecule has 2 rings (SSSR count). The van der Waals surface area contributed by atoms with Crippen molar-refractivity contribution in [1.82, 2.24) is 14.5 Å². The third kappa shape index (κ3) is 2.02. The van der Waals surface area contributed by atoms with Crippen LogP contribution in [0.1, 0.15) is 23.8 Å². The summed E-state index contributed by atoms with van der Waals surface area (Å²) in [6.45, 7) is 2.39. The topological polar surface area (TPSA) is 75.4 Å². The first-order chi connectivity index (χ1) is 7.92. The third-order valence-electron chi connectivity index (χ3n) is 3.20. The van der Waals surface area contributed by atoms with Crippen molar-refractivity contribution in [2.75, 3.05) is 13.1 Å². The molecule has 6 heteroatoms. The Morgan fingerprint density at radius 3 is 2.71 bits per heavy atom. The van der Waals surface area contributed by atoms with E-state index in [1.54, 1.807) is 36.0 Å². The van der Waals surface area contributed by atoms with Crippen LogP contribution in [0.2, 0.25) is 0 Å². The minimum atomic E-state index is -0.853. The number of imidazole rings is 1. The van der Waals surface area contributed by atoms with Crippen LogP contribution in [0.5, 0.6) is 0 Å². The summed E-state index contributed by atoms with van der Waals surface area (Å²) >= 11 is 0. The van der Waals surface area contributed by atoms with Crippen LogP contribution < -0.4 is 0 Å². The van der Waals surface area contributed by atoms with E-state index < -0.39 is 11.4 Å². The van der Waals surface area contributed by atoms with Crippen molar-refractivity contribution in [2.24, 2.45) is 12.5 Å². The Balaban J connectivity index is 2.11. The predicted octanol–water partition coefficient (Wildman–Crippen LogP) is 0.357. The number of aromatic nitrogens is 2. The van der Waals surface area contributed by atoms with Gasteiger partial charge in [-0.15, -0.1) is 0 Å². The summed E-state index contributed by atoms with van der Waals surface area (Å²) in [7, 11) is 1.79. The standard InChI is InChI=1S/C11H15N3O3/c1-11(10(16)17)3-4-14(6-11)9(15)8-5-13(2)7-12-8/h5,7H,3-4,6H2,1-2H3,(H,16,17). The predicted molar refractivity (Wildman–Crippen MR) is 59.5 cm³/mol. The fourth-order valence-corrected chi connectivity index (χ4v) is 1.99. The summed E-state index contributed by atoms with van der Waals surface area (Å²) in [5.74, 6) is -1.05. The molecule has 0 saturated carbocycles. The number of hydrogen-bond donors (Lipinski definition) is 1. The largest absolute Gasteiger partial charge is 0.481 e. The molecule has 1 atom stereocenters. The fraction of sp³-hybridized carbons (Fsp3) is 0.545. The summed E-state index contributed by atoms with van der Waals surface area (Å²) in [6.07, 6.45) is 3.68. The summed E-state index contributed by atoms with van der Waals surface area (Å²) in [4.78, 5) is 28.6. The lowest BCUT2D eigenvalue weighted by Gasteiger charge is -2.19. The Morgan fingerprint density at radius 2 is 2.24 bits per heavy atom. The molecule has 0 aromatic carbocycles. The second kappa shape index (κ2) is 3.87. The zero-order valence-corrected chi connectivity index (χ0v) is 9.88. The third-order valence-corrected chi connectivity index (χ3v) is 3.20. The van der Waals surface area contributed by atoms with Crippen molar-refractivity contribution in [3.05, 3.63) is 18.2 Å². The monoisotopic (exact) mass is 237 g/mol. The molecule has 0 bridgehead atoms. The second-order valence-corrected chi connectivity index (χ2v) is 4.77. The zero-order valence-electron chi connectivity index (χ0n) is 9.88. The van der Waals surface area contributed by atoms with E-state index in [-0.39, 0.29) is 12.5 Å². The summed E-state index contributed by atoms with van der Waals surface area (Å²) < 4.78 is 1.69. The van der Waals surface area contributed by atoms with Crippen LogP contribution in [0.25, 0.3) is 0 Å². The first-order valence-corrected chi connectivity index (χ1v) is 5.43. The molecule has 17 heavy (non-hydrogen) atoms. The highest BCUT2D eigenvalue weighted by Crippen LogP contribution is 2.30. The normalized spacial score (nSPS) is 24.0. The Bertz CT molecular complexity index is 468. The van der Waals surface area contributed by atoms with Gasteiger partial charge >= 0.3 is 5.97 Å². The van der Waals surface area contributed by atoms with Crippen LogP contribution >= 0.6 is 0 Å². The molecule has 6 nitrogen and oxygen atoms in total. The van der Waals surface area contributed by atoms with Crippen LogP contribution in [-0.4, -0.2) is 44.5 Å². The van der Waals surface area contributed by atoms with Crippen LogP contribution in [0.4, 0.5) is 0 Å². The number of aliphatic carboxylic acids is 1. The fourth-order valence-electron chi connectivity index (χ4n) is 1.99. The first kappa shape index (κ1) is 11.6. The Morgan fingerprint density at radius 1 is 1.53 bits per heavy atom. The molecule has 1 fully saturated rings. The lowest BCUT2D eigenvalue weighted by molar-refractivity contribution is -0.147. The van der Waals surface area contributed by atoms with E-state index in [4.69, 9.17) is 5.11 Å². The Hall–Kier alpha value is -1.85. The van der Waals surface area contributed by atoms with Crippen LogP contribution in [0.3, 0.4) is 0 Å². The number of hydrogen-bond acceptors (Lipinski definition) is 3. The van der Waals surface area contributed by atoms with Gasteiger partial charge in [-0.25, -0.2) is 4.98 Å². The minimum absolute atomic E-state index is 0.199. The van der Waals surface area contributed by atoms with Crippen molar-refractivity contribution in [3.63, 3.8) is 0 Å². The van der Waals surface area contributed by atoms with Gasteiger partial charge in [0.1, 0.15) is 5.69 Å². The summed E-state index contributed by atoms with van der Waals surface area (Å²) in [6, 6.07) is 0. The van der Waals surface area contributed by atoms with Crippen molar-refractivity contribution >= 4 is 11.9 Å². The maximum Gasteiger partial charge on any atom is 0.311 e. The van der Waals surface area contributed by atoms with Gasteiger partial charge in [0, 0.05) is 26.3 Å². The Kier molecular flexibility index (Phi) is 2.65. The minimum Gasteiger partial charge on any atom is -0.481 e. The molecule has 1 aliphatic rings. The SMILES string of the molecule is Cn1cnc(C(=O)N2CCC(C)(C(=O)O)C2)c1. The van der Waals surface area contributed by atoms with Gasteiger partial charge in [-0.3, -0.25) is 9.59 Å². The van der Waals surface area contributed by atoms with Crippen molar-refractivity contribution in [1.29, 1.82) is 0 Å². The maximum atomic E-state index is 12.0. The van der Waals surface area contributed by atoms with Gasteiger partial charge in [-0.1, -0.05) is 0 Å². The van der Waals surface area contributed by atoms with Crippen molar-refractivity contribution in [2.45, 2.75) is 13.3 Å². The number of carboxylic acids is 1. The van der Waals surface area contributed by atoms with E-state index in [1.807, 2.05) is 0 Å². The van der Waals surface area contributed by atoms with Gasteiger partial charge < -0.3 is 14.6 Å². The zero-order chi connectivity index (χ0) is 12.6. The maximum absolute atomic E-state index is 12.0. The van der Waals surface area contributed by atoms with Gasteiger partial charge in [0.05, 0.1) is 11.7 Å². The van der Waals surface area contributed by atoms with E-state index in [0.717, 1.165) is 0 Å². The highest BCUT2D eigenvalue weighted by atomic mass is 16.4. The molecule has 1 unspecified atom stereocenters. The number of aryl methyl sites for hydroxylation is 1. The molecule has 1 aromatic heterocycles. The van der Waals surface area contributed by atoms with E-state index in [2.05, 4.69) is 4.98 Å². The lowest BCUT2D eigenvalue weighted by atomic mass is 9.90. The quantitative estimate of drug-likeness (QED) is 0.805. The molecule has 1 amide bonds. The molecular formula is C11H15N3O3. The number of likely N-dealkylation sites (tertiary alicyclic amines) is 1. The summed E-state index contributed by atoms with van der Waals surface area (Å²) in [5, 5.41) is 9.09. The van der Waals surface area contributed by atoms with E-state index >= 15 is 0 Å². The number of amides is 1. The average Bonchev–Trinajstić information content (AvgIpc) is 2.85. The van der Waals surface area contributed by atoms with Gasteiger partial charge in [-0.2, -0.15) is 0 Å². The highest BCUT2D eigenvalue weighted by molar-refractivity contribution is 5.93. The smallest absolute Gasteiger partial charge is 0.311 e. The molecule has 0 aliphatic carbocycles. The molecule has 1 N–H and O–H groups in total. The number of carbonyl (C=O) groups is 2.